The molecule has 0 radical (unpaired) electrons. The summed E-state index contributed by atoms with van der Waals surface area (Å²) in [6.07, 6.45) is 4.68. The van der Waals surface area contributed by atoms with Crippen LogP contribution in [0.5, 0.6) is 5.75 Å². The van der Waals surface area contributed by atoms with Crippen LogP contribution in [0, 0.1) is 0 Å². The van der Waals surface area contributed by atoms with Crippen molar-refractivity contribution in [1.29, 1.82) is 0 Å². The van der Waals surface area contributed by atoms with Crippen molar-refractivity contribution in [2.24, 2.45) is 5.10 Å². The van der Waals surface area contributed by atoms with Gasteiger partial charge >= 0.3 is 5.97 Å². The van der Waals surface area contributed by atoms with Crippen molar-refractivity contribution in [3.63, 3.8) is 0 Å². The Morgan fingerprint density at radius 3 is 2.56 bits per heavy atom. The monoisotopic (exact) mass is 400 g/mol. The van der Waals surface area contributed by atoms with E-state index in [2.05, 4.69) is 31.2 Å². The average Bonchev–Trinajstić information content (AvgIpc) is 3.13. The van der Waals surface area contributed by atoms with Crippen LogP contribution in [-0.4, -0.2) is 32.2 Å². The molecule has 1 heterocycles. The molecule has 1 N–H and O–H groups in total. The van der Waals surface area contributed by atoms with Crippen molar-refractivity contribution in [2.45, 2.75) is 6.61 Å². The first kappa shape index (κ1) is 16.8. The number of benzene rings is 2. The fraction of sp³-hybridized carbons (Fsp3) is 0.0588. The fourth-order valence-corrected chi connectivity index (χ4v) is 2.52. The van der Waals surface area contributed by atoms with Crippen molar-refractivity contribution in [2.75, 3.05) is 0 Å². The summed E-state index contributed by atoms with van der Waals surface area (Å²) in [7, 11) is 0. The Bertz CT molecular complexity index is 893. The molecule has 0 aliphatic heterocycles. The summed E-state index contributed by atoms with van der Waals surface area (Å²) in [5.41, 5.74) is 2.02. The van der Waals surface area contributed by atoms with Gasteiger partial charge in [0.1, 0.15) is 25.0 Å². The summed E-state index contributed by atoms with van der Waals surface area (Å²) < 4.78 is 8.06. The number of carboxylic acids is 1. The molecule has 0 saturated heterocycles. The van der Waals surface area contributed by atoms with Crippen LogP contribution >= 0.6 is 15.9 Å². The van der Waals surface area contributed by atoms with Crippen molar-refractivity contribution in [3.8, 4) is 5.75 Å². The van der Waals surface area contributed by atoms with Gasteiger partial charge in [0.25, 0.3) is 0 Å². The smallest absolute Gasteiger partial charge is 0.335 e. The maximum Gasteiger partial charge on any atom is 0.335 e. The standard InChI is InChI=1S/C17H13BrN4O3/c18-15-7-13(8-21-22-10-19-20-11-22)3-6-16(15)25-9-12-1-4-14(5-2-12)17(23)24/h1-8,10-11H,9H2,(H,23,24)/b21-8-. The Morgan fingerprint density at radius 2 is 1.92 bits per heavy atom. The molecule has 0 unspecified atom stereocenters. The highest BCUT2D eigenvalue weighted by molar-refractivity contribution is 9.10. The van der Waals surface area contributed by atoms with Crippen LogP contribution < -0.4 is 4.74 Å². The Morgan fingerprint density at radius 1 is 1.20 bits per heavy atom. The second kappa shape index (κ2) is 7.71. The summed E-state index contributed by atoms with van der Waals surface area (Å²) in [6.45, 7) is 0.340. The van der Waals surface area contributed by atoms with Gasteiger partial charge in [-0.25, -0.2) is 9.47 Å². The van der Waals surface area contributed by atoms with Crippen LogP contribution in [0.15, 0.2) is 64.7 Å². The lowest BCUT2D eigenvalue weighted by Gasteiger charge is -2.09. The van der Waals surface area contributed by atoms with Gasteiger partial charge in [0.05, 0.1) is 16.3 Å². The molecule has 0 aliphatic carbocycles. The first-order valence-electron chi connectivity index (χ1n) is 7.25. The summed E-state index contributed by atoms with van der Waals surface area (Å²) in [5.74, 6) is -0.261. The van der Waals surface area contributed by atoms with Gasteiger partial charge in [-0.3, -0.25) is 0 Å². The molecule has 3 rings (SSSR count). The first-order valence-corrected chi connectivity index (χ1v) is 8.05. The molecule has 126 valence electrons. The average molecular weight is 401 g/mol. The third-order valence-corrected chi connectivity index (χ3v) is 3.92. The molecule has 1 aromatic heterocycles. The van der Waals surface area contributed by atoms with E-state index >= 15 is 0 Å². The van der Waals surface area contributed by atoms with E-state index in [1.54, 1.807) is 30.5 Å². The number of halogens is 1. The Balaban J connectivity index is 1.64. The van der Waals surface area contributed by atoms with Gasteiger partial charge in [-0.05, 0) is 57.4 Å². The fourth-order valence-electron chi connectivity index (χ4n) is 2.01. The van der Waals surface area contributed by atoms with E-state index < -0.39 is 5.97 Å². The number of aromatic nitrogens is 3. The van der Waals surface area contributed by atoms with E-state index in [1.807, 2.05) is 18.2 Å². The normalized spacial score (nSPS) is 10.9. The molecular formula is C17H13BrN4O3. The zero-order chi connectivity index (χ0) is 17.6. The molecule has 0 amide bonds. The first-order chi connectivity index (χ1) is 12.1. The number of nitrogens with zero attached hydrogens (tertiary/aromatic N) is 4. The Hall–Kier alpha value is -3.00. The minimum absolute atomic E-state index is 0.252. The molecule has 8 heteroatoms. The summed E-state index contributed by atoms with van der Waals surface area (Å²) in [5, 5.41) is 20.4. The second-order valence-electron chi connectivity index (χ2n) is 5.07. The van der Waals surface area contributed by atoms with Crippen LogP contribution in [0.2, 0.25) is 0 Å². The van der Waals surface area contributed by atoms with Crippen molar-refractivity contribution in [1.82, 2.24) is 14.9 Å². The third kappa shape index (κ3) is 4.51. The van der Waals surface area contributed by atoms with Gasteiger partial charge in [-0.1, -0.05) is 12.1 Å². The molecule has 0 saturated carbocycles. The minimum Gasteiger partial charge on any atom is -0.488 e. The largest absolute Gasteiger partial charge is 0.488 e. The SMILES string of the molecule is O=C(O)c1ccc(COc2ccc(/C=N\n3cnnc3)cc2Br)cc1. The molecule has 7 nitrogen and oxygen atoms in total. The van der Waals surface area contributed by atoms with E-state index in [4.69, 9.17) is 9.84 Å². The molecule has 0 bridgehead atoms. The lowest BCUT2D eigenvalue weighted by Crippen LogP contribution is -1.99. The number of carbonyl (C=O) groups is 1. The van der Waals surface area contributed by atoms with Crippen molar-refractivity contribution in [3.05, 3.63) is 76.3 Å². The molecule has 0 fully saturated rings. The predicted octanol–water partition coefficient (Wildman–Crippen LogP) is 3.20. The van der Waals surface area contributed by atoms with Gasteiger partial charge in [-0.15, -0.1) is 10.2 Å². The third-order valence-electron chi connectivity index (χ3n) is 3.30. The van der Waals surface area contributed by atoms with Gasteiger partial charge < -0.3 is 9.84 Å². The molecule has 25 heavy (non-hydrogen) atoms. The number of hydrogen-bond donors (Lipinski definition) is 1. The number of ether oxygens (including phenoxy) is 1. The van der Waals surface area contributed by atoms with E-state index in [-0.39, 0.29) is 5.56 Å². The van der Waals surface area contributed by atoms with E-state index in [0.29, 0.717) is 12.4 Å². The lowest BCUT2D eigenvalue weighted by atomic mass is 10.1. The summed E-state index contributed by atoms with van der Waals surface area (Å²) in [4.78, 5) is 10.8. The molecule has 2 aromatic carbocycles. The van der Waals surface area contributed by atoms with Crippen LogP contribution in [0.4, 0.5) is 0 Å². The number of aromatic carboxylic acids is 1. The van der Waals surface area contributed by atoms with E-state index in [0.717, 1.165) is 15.6 Å². The number of rotatable bonds is 6. The van der Waals surface area contributed by atoms with Gasteiger partial charge in [-0.2, -0.15) is 5.10 Å². The van der Waals surface area contributed by atoms with Crippen LogP contribution in [0.3, 0.4) is 0 Å². The molecule has 0 spiro atoms. The predicted molar refractivity (Wildman–Crippen MR) is 94.9 cm³/mol. The second-order valence-corrected chi connectivity index (χ2v) is 5.92. The summed E-state index contributed by atoms with van der Waals surface area (Å²) in [6, 6.07) is 12.2. The topological polar surface area (TPSA) is 89.6 Å². The maximum absolute atomic E-state index is 10.8. The van der Waals surface area contributed by atoms with Crippen LogP contribution in [-0.2, 0) is 6.61 Å². The van der Waals surface area contributed by atoms with E-state index in [9.17, 15) is 4.79 Å². The van der Waals surface area contributed by atoms with Crippen LogP contribution in [0.1, 0.15) is 21.5 Å². The molecule has 0 aliphatic rings. The van der Waals surface area contributed by atoms with Gasteiger partial charge in [0.2, 0.25) is 0 Å². The lowest BCUT2D eigenvalue weighted by molar-refractivity contribution is 0.0697. The Labute approximate surface area is 151 Å². The van der Waals surface area contributed by atoms with Crippen molar-refractivity contribution < 1.29 is 14.6 Å². The molecule has 3 aromatic rings. The number of hydrogen-bond acceptors (Lipinski definition) is 5. The van der Waals surface area contributed by atoms with Crippen LogP contribution in [0.25, 0.3) is 0 Å². The highest BCUT2D eigenvalue weighted by Crippen LogP contribution is 2.26. The highest BCUT2D eigenvalue weighted by Gasteiger charge is 2.05. The van der Waals surface area contributed by atoms with Gasteiger partial charge in [0, 0.05) is 0 Å². The van der Waals surface area contributed by atoms with Crippen molar-refractivity contribution >= 4 is 28.1 Å². The molecule has 0 atom stereocenters. The maximum atomic E-state index is 10.8. The number of carboxylic acid groups (broad SMARTS) is 1. The highest BCUT2D eigenvalue weighted by atomic mass is 79.9. The Kier molecular flexibility index (Phi) is 5.20. The molecular weight excluding hydrogens is 388 g/mol. The quantitative estimate of drug-likeness (QED) is 0.641. The summed E-state index contributed by atoms with van der Waals surface area (Å²) >= 11 is 3.47. The zero-order valence-electron chi connectivity index (χ0n) is 12.9. The van der Waals surface area contributed by atoms with E-state index in [1.165, 1.54) is 17.3 Å². The van der Waals surface area contributed by atoms with Gasteiger partial charge in [0.15, 0.2) is 0 Å². The zero-order valence-corrected chi connectivity index (χ0v) is 14.5. The minimum atomic E-state index is -0.945.